The summed E-state index contributed by atoms with van der Waals surface area (Å²) in [5, 5.41) is 2.32. The molecule has 3 rings (SSSR count). The molecule has 29 heavy (non-hydrogen) atoms. The van der Waals surface area contributed by atoms with Gasteiger partial charge < -0.3 is 10.1 Å². The molecule has 1 aliphatic rings. The third kappa shape index (κ3) is 4.45. The lowest BCUT2D eigenvalue weighted by Crippen LogP contribution is -2.30. The Morgan fingerprint density at radius 2 is 1.62 bits per heavy atom. The summed E-state index contributed by atoms with van der Waals surface area (Å²) in [5.41, 5.74) is 0.472. The minimum Gasteiger partial charge on any atom is -0.449 e. The lowest BCUT2D eigenvalue weighted by atomic mass is 10.2. The Hall–Kier alpha value is -3.62. The van der Waals surface area contributed by atoms with Crippen LogP contribution in [0.1, 0.15) is 30.1 Å². The Morgan fingerprint density at radius 3 is 2.21 bits per heavy atom. The van der Waals surface area contributed by atoms with Gasteiger partial charge in [-0.25, -0.2) is 13.6 Å². The Kier molecular flexibility index (Phi) is 5.67. The fraction of sp³-hybridized carbons (Fsp3) is 0.200. The average Bonchev–Trinajstić information content (AvgIpc) is 3.03. The van der Waals surface area contributed by atoms with Gasteiger partial charge in [-0.2, -0.15) is 0 Å². The van der Waals surface area contributed by atoms with Crippen LogP contribution >= 0.6 is 0 Å². The zero-order chi connectivity index (χ0) is 21.1. The van der Waals surface area contributed by atoms with Crippen molar-refractivity contribution in [2.45, 2.75) is 25.9 Å². The van der Waals surface area contributed by atoms with Crippen molar-refractivity contribution < 1.29 is 32.7 Å². The first kappa shape index (κ1) is 20.1. The highest BCUT2D eigenvalue weighted by Crippen LogP contribution is 2.23. The van der Waals surface area contributed by atoms with E-state index in [4.69, 9.17) is 4.74 Å². The number of anilines is 2. The summed E-state index contributed by atoms with van der Waals surface area (Å²) in [7, 11) is 0. The van der Waals surface area contributed by atoms with E-state index in [9.17, 15) is 28.0 Å². The second-order valence-electron chi connectivity index (χ2n) is 6.34. The van der Waals surface area contributed by atoms with E-state index in [2.05, 4.69) is 5.32 Å². The fourth-order valence-electron chi connectivity index (χ4n) is 2.71. The highest BCUT2D eigenvalue weighted by atomic mass is 19.2. The summed E-state index contributed by atoms with van der Waals surface area (Å²) in [6.07, 6.45) is -0.919. The summed E-state index contributed by atoms with van der Waals surface area (Å²) in [6, 6.07) is 8.45. The van der Waals surface area contributed by atoms with Crippen LogP contribution < -0.4 is 10.2 Å². The smallest absolute Gasteiger partial charge is 0.338 e. The Bertz CT molecular complexity index is 975. The highest BCUT2D eigenvalue weighted by Gasteiger charge is 2.30. The molecule has 1 aliphatic heterocycles. The first-order valence-corrected chi connectivity index (χ1v) is 8.69. The SMILES string of the molecule is C[C@@H](OC(=O)c1ccc(N2C(=O)CCC2=O)cc1)C(=O)Nc1ccc(F)c(F)c1. The maximum absolute atomic E-state index is 13.2. The van der Waals surface area contributed by atoms with Crippen molar-refractivity contribution in [1.29, 1.82) is 0 Å². The van der Waals surface area contributed by atoms with Crippen molar-refractivity contribution in [2.75, 3.05) is 10.2 Å². The van der Waals surface area contributed by atoms with Crippen LogP contribution in [0.5, 0.6) is 0 Å². The molecule has 0 aliphatic carbocycles. The highest BCUT2D eigenvalue weighted by molar-refractivity contribution is 6.19. The third-order valence-corrected chi connectivity index (χ3v) is 4.25. The van der Waals surface area contributed by atoms with Crippen molar-refractivity contribution in [3.8, 4) is 0 Å². The molecule has 0 unspecified atom stereocenters. The predicted molar refractivity (Wildman–Crippen MR) is 98.0 cm³/mol. The number of halogens is 2. The normalized spacial score (nSPS) is 14.7. The largest absolute Gasteiger partial charge is 0.449 e. The van der Waals surface area contributed by atoms with Gasteiger partial charge in [0.05, 0.1) is 11.3 Å². The summed E-state index contributed by atoms with van der Waals surface area (Å²) < 4.78 is 31.2. The van der Waals surface area contributed by atoms with Crippen LogP contribution in [0.15, 0.2) is 42.5 Å². The molecule has 150 valence electrons. The fourth-order valence-corrected chi connectivity index (χ4v) is 2.71. The summed E-state index contributed by atoms with van der Waals surface area (Å²) >= 11 is 0. The molecule has 3 amide bonds. The maximum atomic E-state index is 13.2. The number of hydrogen-bond donors (Lipinski definition) is 1. The number of ether oxygens (including phenoxy) is 1. The number of hydrogen-bond acceptors (Lipinski definition) is 5. The van der Waals surface area contributed by atoms with Gasteiger partial charge in [-0.05, 0) is 43.3 Å². The molecule has 1 saturated heterocycles. The summed E-state index contributed by atoms with van der Waals surface area (Å²) in [4.78, 5) is 48.8. The van der Waals surface area contributed by atoms with Crippen molar-refractivity contribution in [2.24, 2.45) is 0 Å². The van der Waals surface area contributed by atoms with E-state index in [1.54, 1.807) is 0 Å². The van der Waals surface area contributed by atoms with E-state index in [0.29, 0.717) is 5.69 Å². The molecule has 0 bridgehead atoms. The molecule has 0 radical (unpaired) electrons. The van der Waals surface area contributed by atoms with Crippen LogP contribution in [0.25, 0.3) is 0 Å². The van der Waals surface area contributed by atoms with Gasteiger partial charge in [-0.15, -0.1) is 0 Å². The standard InChI is InChI=1S/C20H16F2N2O5/c1-11(19(27)23-13-4-7-15(21)16(22)10-13)29-20(28)12-2-5-14(6-3-12)24-17(25)8-9-18(24)26/h2-7,10-11H,8-9H2,1H3,(H,23,27)/t11-/m1/s1. The molecule has 1 N–H and O–H groups in total. The number of nitrogens with one attached hydrogen (secondary N) is 1. The van der Waals surface area contributed by atoms with Crippen LogP contribution in [0.3, 0.4) is 0 Å². The van der Waals surface area contributed by atoms with E-state index in [1.165, 1.54) is 37.3 Å². The van der Waals surface area contributed by atoms with Crippen molar-refractivity contribution in [3.05, 3.63) is 59.7 Å². The molecule has 0 spiro atoms. The molecule has 2 aromatic carbocycles. The van der Waals surface area contributed by atoms with Crippen molar-refractivity contribution in [1.82, 2.24) is 0 Å². The molecule has 1 heterocycles. The molecule has 7 nitrogen and oxygen atoms in total. The van der Waals surface area contributed by atoms with Gasteiger partial charge in [0.2, 0.25) is 11.8 Å². The topological polar surface area (TPSA) is 92.8 Å². The second kappa shape index (κ2) is 8.17. The van der Waals surface area contributed by atoms with Gasteiger partial charge in [0.1, 0.15) is 0 Å². The van der Waals surface area contributed by atoms with Gasteiger partial charge in [0.15, 0.2) is 17.7 Å². The van der Waals surface area contributed by atoms with Gasteiger partial charge >= 0.3 is 5.97 Å². The number of esters is 1. The van der Waals surface area contributed by atoms with E-state index in [1.807, 2.05) is 0 Å². The number of amides is 3. The van der Waals surface area contributed by atoms with Gasteiger partial charge in [-0.1, -0.05) is 0 Å². The van der Waals surface area contributed by atoms with Crippen LogP contribution in [-0.2, 0) is 19.1 Å². The predicted octanol–water partition coefficient (Wildman–Crippen LogP) is 2.80. The lowest BCUT2D eigenvalue weighted by Gasteiger charge is -2.15. The zero-order valence-corrected chi connectivity index (χ0v) is 15.3. The monoisotopic (exact) mass is 402 g/mol. The van der Waals surface area contributed by atoms with E-state index in [-0.39, 0.29) is 35.9 Å². The number of nitrogens with zero attached hydrogens (tertiary/aromatic N) is 1. The number of benzene rings is 2. The Labute approximate surface area is 164 Å². The minimum absolute atomic E-state index is 0.0149. The molecule has 0 aromatic heterocycles. The van der Waals surface area contributed by atoms with Crippen molar-refractivity contribution in [3.63, 3.8) is 0 Å². The minimum atomic E-state index is -1.21. The number of rotatable bonds is 5. The van der Waals surface area contributed by atoms with Crippen LogP contribution in [0.4, 0.5) is 20.2 Å². The lowest BCUT2D eigenvalue weighted by molar-refractivity contribution is -0.124. The Morgan fingerprint density at radius 1 is 1.00 bits per heavy atom. The molecule has 0 saturated carbocycles. The van der Waals surface area contributed by atoms with Gasteiger partial charge in [0, 0.05) is 24.6 Å². The first-order valence-electron chi connectivity index (χ1n) is 8.69. The second-order valence-corrected chi connectivity index (χ2v) is 6.34. The molecule has 1 atom stereocenters. The Balaban J connectivity index is 1.61. The average molecular weight is 402 g/mol. The van der Waals surface area contributed by atoms with E-state index >= 15 is 0 Å². The molecular weight excluding hydrogens is 386 g/mol. The molecular formula is C20H16F2N2O5. The van der Waals surface area contributed by atoms with Gasteiger partial charge in [-0.3, -0.25) is 19.3 Å². The summed E-state index contributed by atoms with van der Waals surface area (Å²) in [5.74, 6) is -4.33. The van der Waals surface area contributed by atoms with Crippen LogP contribution in [0, 0.1) is 11.6 Å². The van der Waals surface area contributed by atoms with E-state index in [0.717, 1.165) is 17.0 Å². The number of carbonyl (C=O) groups excluding carboxylic acids is 4. The number of imide groups is 1. The van der Waals surface area contributed by atoms with Gasteiger partial charge in [0.25, 0.3) is 5.91 Å². The van der Waals surface area contributed by atoms with Crippen molar-refractivity contribution >= 4 is 35.1 Å². The molecule has 1 fully saturated rings. The van der Waals surface area contributed by atoms with E-state index < -0.39 is 29.6 Å². The van der Waals surface area contributed by atoms with Crippen LogP contribution in [-0.4, -0.2) is 29.8 Å². The quantitative estimate of drug-likeness (QED) is 0.613. The third-order valence-electron chi connectivity index (χ3n) is 4.25. The molecule has 2 aromatic rings. The molecule has 9 heteroatoms. The number of carbonyl (C=O) groups is 4. The summed E-state index contributed by atoms with van der Waals surface area (Å²) in [6.45, 7) is 1.32. The maximum Gasteiger partial charge on any atom is 0.338 e. The van der Waals surface area contributed by atoms with Crippen LogP contribution in [0.2, 0.25) is 0 Å². The zero-order valence-electron chi connectivity index (χ0n) is 15.3. The first-order chi connectivity index (χ1) is 13.8.